The number of carbonyl (C=O) groups is 2. The molecule has 2 aromatic heterocycles. The van der Waals surface area contributed by atoms with Crippen molar-refractivity contribution < 1.29 is 9.59 Å². The second-order valence-corrected chi connectivity index (χ2v) is 9.06. The molecular weight excluding hydrogens is 414 g/mol. The first-order chi connectivity index (χ1) is 15.9. The van der Waals surface area contributed by atoms with Crippen LogP contribution in [0.3, 0.4) is 0 Å². The lowest BCUT2D eigenvalue weighted by atomic mass is 9.93. The molecule has 1 fully saturated rings. The maximum atomic E-state index is 13.5. The Labute approximate surface area is 195 Å². The van der Waals surface area contributed by atoms with Crippen LogP contribution in [-0.2, 0) is 11.3 Å². The highest BCUT2D eigenvalue weighted by molar-refractivity contribution is 6.06. The zero-order chi connectivity index (χ0) is 23.5. The maximum absolute atomic E-state index is 13.5. The molecule has 0 bridgehead atoms. The van der Waals surface area contributed by atoms with Crippen LogP contribution in [-0.4, -0.2) is 32.5 Å². The largest absolute Gasteiger partial charge is 0.381 e. The van der Waals surface area contributed by atoms with Crippen molar-refractivity contribution in [1.82, 2.24) is 20.1 Å². The van der Waals surface area contributed by atoms with E-state index in [0.717, 1.165) is 41.5 Å². The molecule has 1 aliphatic carbocycles. The van der Waals surface area contributed by atoms with E-state index in [0.29, 0.717) is 30.7 Å². The van der Waals surface area contributed by atoms with Gasteiger partial charge in [-0.25, -0.2) is 9.67 Å². The van der Waals surface area contributed by atoms with Crippen LogP contribution in [0.15, 0.2) is 30.6 Å². The summed E-state index contributed by atoms with van der Waals surface area (Å²) in [5.41, 5.74) is 5.50. The third kappa shape index (κ3) is 4.92. The van der Waals surface area contributed by atoms with E-state index in [2.05, 4.69) is 59.7 Å². The molecule has 3 aromatic rings. The predicted molar refractivity (Wildman–Crippen MR) is 131 cm³/mol. The highest BCUT2D eigenvalue weighted by atomic mass is 16.1. The van der Waals surface area contributed by atoms with Crippen LogP contribution in [0.1, 0.15) is 79.0 Å². The Balaban J connectivity index is 1.67. The van der Waals surface area contributed by atoms with Gasteiger partial charge in [-0.2, -0.15) is 5.10 Å². The van der Waals surface area contributed by atoms with Gasteiger partial charge in [-0.05, 0) is 45.6 Å². The molecule has 1 aliphatic rings. The van der Waals surface area contributed by atoms with Crippen LogP contribution in [0.4, 0.5) is 5.69 Å². The number of aromatic nitrogens is 3. The van der Waals surface area contributed by atoms with E-state index in [1.54, 1.807) is 12.4 Å². The van der Waals surface area contributed by atoms with Gasteiger partial charge in [-0.3, -0.25) is 9.59 Å². The average Bonchev–Trinajstić information content (AvgIpc) is 3.22. The Bertz CT molecular complexity index is 1150. The SMILES string of the molecule is CCC(NC(=O)c1cnc2c(cnn2CC)c1NC1CCC(=O)CC1)c1cc(C)cc(C)c1. The summed E-state index contributed by atoms with van der Waals surface area (Å²) in [6, 6.07) is 6.45. The summed E-state index contributed by atoms with van der Waals surface area (Å²) in [4.78, 5) is 29.8. The summed E-state index contributed by atoms with van der Waals surface area (Å²) in [5, 5.41) is 12.1. The smallest absolute Gasteiger partial charge is 0.255 e. The fourth-order valence-electron chi connectivity index (χ4n) is 4.74. The molecule has 1 atom stereocenters. The molecule has 174 valence electrons. The molecule has 2 heterocycles. The van der Waals surface area contributed by atoms with E-state index < -0.39 is 0 Å². The molecule has 1 amide bonds. The Morgan fingerprint density at radius 2 is 1.82 bits per heavy atom. The summed E-state index contributed by atoms with van der Waals surface area (Å²) in [6.07, 6.45) is 6.90. The van der Waals surface area contributed by atoms with Gasteiger partial charge in [0.1, 0.15) is 5.78 Å². The topological polar surface area (TPSA) is 88.9 Å². The van der Waals surface area contributed by atoms with Crippen molar-refractivity contribution in [3.05, 3.63) is 52.8 Å². The fourth-order valence-corrected chi connectivity index (χ4v) is 4.74. The van der Waals surface area contributed by atoms with Crippen molar-refractivity contribution in [3.63, 3.8) is 0 Å². The second kappa shape index (κ2) is 9.73. The molecule has 7 heteroatoms. The van der Waals surface area contributed by atoms with Gasteiger partial charge in [0, 0.05) is 31.6 Å². The lowest BCUT2D eigenvalue weighted by Crippen LogP contribution is -2.31. The third-order valence-electron chi connectivity index (χ3n) is 6.46. The Hall–Kier alpha value is -3.22. The number of fused-ring (bicyclic) bond motifs is 1. The molecule has 7 nitrogen and oxygen atoms in total. The number of hydrogen-bond donors (Lipinski definition) is 2. The fraction of sp³-hybridized carbons (Fsp3) is 0.462. The average molecular weight is 448 g/mol. The molecule has 0 aliphatic heterocycles. The van der Waals surface area contributed by atoms with Crippen molar-refractivity contribution in [3.8, 4) is 0 Å². The van der Waals surface area contributed by atoms with Crippen LogP contribution >= 0.6 is 0 Å². The minimum Gasteiger partial charge on any atom is -0.381 e. The maximum Gasteiger partial charge on any atom is 0.255 e. The lowest BCUT2D eigenvalue weighted by Gasteiger charge is -2.25. The summed E-state index contributed by atoms with van der Waals surface area (Å²) in [5.74, 6) is 0.151. The van der Waals surface area contributed by atoms with E-state index >= 15 is 0 Å². The molecule has 1 saturated carbocycles. The molecule has 2 N–H and O–H groups in total. The number of hydrogen-bond acceptors (Lipinski definition) is 5. The van der Waals surface area contributed by atoms with Gasteiger partial charge in [0.15, 0.2) is 5.65 Å². The van der Waals surface area contributed by atoms with Crippen LogP contribution < -0.4 is 10.6 Å². The van der Waals surface area contributed by atoms with Gasteiger partial charge < -0.3 is 10.6 Å². The third-order valence-corrected chi connectivity index (χ3v) is 6.46. The summed E-state index contributed by atoms with van der Waals surface area (Å²) >= 11 is 0. The van der Waals surface area contributed by atoms with Crippen LogP contribution in [0, 0.1) is 13.8 Å². The van der Waals surface area contributed by atoms with Gasteiger partial charge >= 0.3 is 0 Å². The molecule has 0 spiro atoms. The minimum absolute atomic E-state index is 0.0923. The number of pyridine rings is 1. The van der Waals surface area contributed by atoms with Gasteiger partial charge in [0.25, 0.3) is 5.91 Å². The number of ketones is 1. The highest BCUT2D eigenvalue weighted by Crippen LogP contribution is 2.30. The number of rotatable bonds is 7. The van der Waals surface area contributed by atoms with Gasteiger partial charge in [0.05, 0.1) is 28.9 Å². The van der Waals surface area contributed by atoms with E-state index in [-0.39, 0.29) is 18.0 Å². The summed E-state index contributed by atoms with van der Waals surface area (Å²) in [7, 11) is 0. The van der Waals surface area contributed by atoms with E-state index in [1.165, 1.54) is 11.1 Å². The van der Waals surface area contributed by atoms with Gasteiger partial charge in [-0.15, -0.1) is 0 Å². The normalized spacial score (nSPS) is 15.6. The number of nitrogens with zero attached hydrogens (tertiary/aromatic N) is 3. The predicted octanol–water partition coefficient (Wildman–Crippen LogP) is 4.87. The first-order valence-electron chi connectivity index (χ1n) is 11.9. The first-order valence-corrected chi connectivity index (χ1v) is 11.9. The van der Waals surface area contributed by atoms with E-state index in [4.69, 9.17) is 0 Å². The molecule has 1 unspecified atom stereocenters. The van der Waals surface area contributed by atoms with Gasteiger partial charge in [-0.1, -0.05) is 36.2 Å². The van der Waals surface area contributed by atoms with Gasteiger partial charge in [0.2, 0.25) is 0 Å². The molecule has 1 aromatic carbocycles. The molecule has 0 saturated heterocycles. The van der Waals surface area contributed by atoms with Crippen molar-refractivity contribution >= 4 is 28.4 Å². The number of amides is 1. The highest BCUT2D eigenvalue weighted by Gasteiger charge is 2.25. The number of benzene rings is 1. The summed E-state index contributed by atoms with van der Waals surface area (Å²) in [6.45, 7) is 8.94. The molecule has 33 heavy (non-hydrogen) atoms. The zero-order valence-corrected chi connectivity index (χ0v) is 19.9. The Morgan fingerprint density at radius 3 is 2.45 bits per heavy atom. The zero-order valence-electron chi connectivity index (χ0n) is 19.9. The Morgan fingerprint density at radius 1 is 1.12 bits per heavy atom. The number of Topliss-reactive ketones (excluding diaryl/α,β-unsaturated/α-hetero) is 1. The van der Waals surface area contributed by atoms with E-state index in [9.17, 15) is 9.59 Å². The van der Waals surface area contributed by atoms with Crippen molar-refractivity contribution in [2.75, 3.05) is 5.32 Å². The minimum atomic E-state index is -0.158. The molecule has 0 radical (unpaired) electrons. The van der Waals surface area contributed by atoms with Crippen molar-refractivity contribution in [2.45, 2.75) is 78.4 Å². The Kier molecular flexibility index (Phi) is 6.77. The van der Waals surface area contributed by atoms with Crippen molar-refractivity contribution in [2.24, 2.45) is 0 Å². The van der Waals surface area contributed by atoms with Crippen LogP contribution in [0.5, 0.6) is 0 Å². The van der Waals surface area contributed by atoms with E-state index in [1.807, 2.05) is 11.6 Å². The van der Waals surface area contributed by atoms with Crippen LogP contribution in [0.2, 0.25) is 0 Å². The second-order valence-electron chi connectivity index (χ2n) is 9.06. The molecular formula is C26H33N5O2. The summed E-state index contributed by atoms with van der Waals surface area (Å²) < 4.78 is 1.83. The van der Waals surface area contributed by atoms with Crippen LogP contribution in [0.25, 0.3) is 11.0 Å². The number of anilines is 1. The quantitative estimate of drug-likeness (QED) is 0.539. The van der Waals surface area contributed by atoms with Crippen molar-refractivity contribution in [1.29, 1.82) is 0 Å². The number of carbonyl (C=O) groups excluding carboxylic acids is 2. The number of aryl methyl sites for hydroxylation is 3. The first kappa shape index (κ1) is 23.0. The number of nitrogens with one attached hydrogen (secondary N) is 2. The lowest BCUT2D eigenvalue weighted by molar-refractivity contribution is -0.120. The monoisotopic (exact) mass is 447 g/mol. The standard InChI is InChI=1S/C26H33N5O2/c1-5-23(18-12-16(3)11-17(4)13-18)30-26(33)22-14-27-25-21(15-28-31(25)6-2)24(22)29-19-7-9-20(32)10-8-19/h11-15,19,23H,5-10H2,1-4H3,(H,27,29)(H,30,33). The molecule has 4 rings (SSSR count).